The standard InChI is InChI=1S/C19H15F4N6O3P/c1-10-25-14-7-4-12(20)8-15(14)29(10)16-9-17(32-33(24,30)31)28-18(27-16)26-13-5-2-11(3-6-13)19(21,22)23/h2-9H,1H3,(H3,24,30,31)(H,26,27,28)/p-1. The Morgan fingerprint density at radius 1 is 1.09 bits per heavy atom. The van der Waals surface area contributed by atoms with Crippen molar-refractivity contribution in [2.45, 2.75) is 13.1 Å². The third-order valence-electron chi connectivity index (χ3n) is 4.39. The quantitative estimate of drug-likeness (QED) is 0.325. The second kappa shape index (κ2) is 8.10. The Bertz CT molecular complexity index is 1390. The van der Waals surface area contributed by atoms with Gasteiger partial charge in [-0.1, -0.05) is 0 Å². The van der Waals surface area contributed by atoms with Crippen LogP contribution in [0.15, 0.2) is 48.5 Å². The van der Waals surface area contributed by atoms with Crippen molar-refractivity contribution < 1.29 is 31.5 Å². The molecule has 0 aliphatic heterocycles. The highest BCUT2D eigenvalue weighted by molar-refractivity contribution is 7.49. The lowest BCUT2D eigenvalue weighted by Crippen LogP contribution is -2.16. The molecule has 0 aliphatic carbocycles. The van der Waals surface area contributed by atoms with E-state index in [1.165, 1.54) is 22.8 Å². The Labute approximate surface area is 183 Å². The number of hydrogen-bond donors (Lipinski definition) is 2. The van der Waals surface area contributed by atoms with Crippen LogP contribution in [0.4, 0.5) is 29.2 Å². The number of aryl methyl sites for hydroxylation is 1. The summed E-state index contributed by atoms with van der Waals surface area (Å²) in [6, 6.07) is 9.04. The van der Waals surface area contributed by atoms with Crippen molar-refractivity contribution in [3.8, 4) is 11.7 Å². The Kier molecular flexibility index (Phi) is 5.56. The molecular weight excluding hydrogens is 467 g/mol. The smallest absolute Gasteiger partial charge is 0.416 e. The first kappa shape index (κ1) is 22.6. The van der Waals surface area contributed by atoms with Gasteiger partial charge in [0.1, 0.15) is 17.5 Å². The van der Waals surface area contributed by atoms with Gasteiger partial charge in [-0.15, -0.1) is 0 Å². The van der Waals surface area contributed by atoms with Crippen LogP contribution < -0.4 is 20.2 Å². The van der Waals surface area contributed by atoms with Crippen molar-refractivity contribution in [1.29, 1.82) is 0 Å². The van der Waals surface area contributed by atoms with Crippen molar-refractivity contribution in [3.63, 3.8) is 0 Å². The van der Waals surface area contributed by atoms with E-state index >= 15 is 0 Å². The summed E-state index contributed by atoms with van der Waals surface area (Å²) in [4.78, 5) is 23.9. The highest BCUT2D eigenvalue weighted by Crippen LogP contribution is 2.33. The zero-order valence-corrected chi connectivity index (χ0v) is 17.6. The summed E-state index contributed by atoms with van der Waals surface area (Å²) in [5, 5.41) is 2.68. The molecule has 9 nitrogen and oxygen atoms in total. The highest BCUT2D eigenvalue weighted by Gasteiger charge is 2.30. The lowest BCUT2D eigenvalue weighted by atomic mass is 10.2. The third kappa shape index (κ3) is 5.11. The van der Waals surface area contributed by atoms with Gasteiger partial charge in [-0.25, -0.2) is 9.37 Å². The average molecular weight is 481 g/mol. The van der Waals surface area contributed by atoms with E-state index in [9.17, 15) is 27.0 Å². The van der Waals surface area contributed by atoms with Gasteiger partial charge in [-0.2, -0.15) is 23.1 Å². The Balaban J connectivity index is 1.80. The number of alkyl halides is 3. The molecule has 172 valence electrons. The van der Waals surface area contributed by atoms with E-state index < -0.39 is 31.2 Å². The molecular formula is C19H14F4N6O3P-. The predicted octanol–water partition coefficient (Wildman–Crippen LogP) is 3.83. The molecule has 0 spiro atoms. The number of nitrogens with two attached hydrogens (primary N) is 1. The molecule has 2 aromatic heterocycles. The number of nitrogens with one attached hydrogen (secondary N) is 1. The fourth-order valence-electron chi connectivity index (χ4n) is 3.09. The summed E-state index contributed by atoms with van der Waals surface area (Å²) in [6.07, 6.45) is -4.51. The van der Waals surface area contributed by atoms with Crippen molar-refractivity contribution in [2.75, 3.05) is 5.32 Å². The number of anilines is 2. The van der Waals surface area contributed by atoms with Crippen LogP contribution in [-0.2, 0) is 10.7 Å². The second-order valence-electron chi connectivity index (χ2n) is 6.85. The number of imidazole rings is 1. The van der Waals surface area contributed by atoms with Crippen molar-refractivity contribution in [2.24, 2.45) is 5.50 Å². The number of halogens is 4. The van der Waals surface area contributed by atoms with Crippen LogP contribution in [-0.4, -0.2) is 19.5 Å². The fraction of sp³-hybridized carbons (Fsp3) is 0.105. The topological polar surface area (TPSA) is 131 Å². The van der Waals surface area contributed by atoms with Crippen molar-refractivity contribution in [3.05, 3.63) is 65.7 Å². The molecule has 14 heteroatoms. The van der Waals surface area contributed by atoms with E-state index in [0.717, 1.165) is 30.3 Å². The molecule has 4 rings (SSSR count). The highest BCUT2D eigenvalue weighted by atomic mass is 31.2. The number of hydrogen-bond acceptors (Lipinski definition) is 7. The Morgan fingerprint density at radius 3 is 2.42 bits per heavy atom. The molecule has 1 atom stereocenters. The van der Waals surface area contributed by atoms with Crippen LogP contribution in [0, 0.1) is 12.7 Å². The van der Waals surface area contributed by atoms with E-state index in [0.29, 0.717) is 16.9 Å². The maximum absolute atomic E-state index is 13.8. The minimum atomic E-state index is -4.76. The molecule has 0 aliphatic rings. The van der Waals surface area contributed by atoms with Crippen LogP contribution in [0.5, 0.6) is 5.88 Å². The van der Waals surface area contributed by atoms with Gasteiger partial charge < -0.3 is 14.7 Å². The van der Waals surface area contributed by atoms with Crippen LogP contribution in [0.3, 0.4) is 0 Å². The van der Waals surface area contributed by atoms with E-state index in [2.05, 4.69) is 24.8 Å². The fourth-order valence-corrected chi connectivity index (χ4v) is 3.44. The molecule has 2 heterocycles. The molecule has 0 radical (unpaired) electrons. The van der Waals surface area contributed by atoms with Gasteiger partial charge in [0.25, 0.3) is 7.75 Å². The largest absolute Gasteiger partial charge is 0.757 e. The SMILES string of the molecule is Cc1nc2ccc(F)cc2n1-c1cc(OP(N)(=O)[O-])nc(Nc2ccc(C(F)(F)F)cc2)n1. The normalized spacial score (nSPS) is 13.7. The maximum Gasteiger partial charge on any atom is 0.416 e. The molecule has 3 N–H and O–H groups in total. The van der Waals surface area contributed by atoms with Crippen LogP contribution in [0.25, 0.3) is 16.9 Å². The number of nitrogens with zero attached hydrogens (tertiary/aromatic N) is 4. The second-order valence-corrected chi connectivity index (χ2v) is 8.11. The molecule has 2 aromatic carbocycles. The van der Waals surface area contributed by atoms with Gasteiger partial charge in [0.2, 0.25) is 11.8 Å². The maximum atomic E-state index is 13.8. The van der Waals surface area contributed by atoms with E-state index in [1.54, 1.807) is 6.92 Å². The molecule has 4 aromatic rings. The summed E-state index contributed by atoms with van der Waals surface area (Å²) in [7, 11) is -4.76. The number of fused-ring (bicyclic) bond motifs is 1. The Morgan fingerprint density at radius 2 is 1.79 bits per heavy atom. The summed E-state index contributed by atoms with van der Waals surface area (Å²) in [6.45, 7) is 1.62. The molecule has 0 fully saturated rings. The lowest BCUT2D eigenvalue weighted by molar-refractivity contribution is -0.191. The van der Waals surface area contributed by atoms with Crippen LogP contribution >= 0.6 is 7.75 Å². The van der Waals surface area contributed by atoms with Gasteiger partial charge in [0.15, 0.2) is 0 Å². The van der Waals surface area contributed by atoms with Gasteiger partial charge in [0, 0.05) is 17.8 Å². The zero-order valence-electron chi connectivity index (χ0n) is 16.7. The first-order valence-electron chi connectivity index (χ1n) is 9.17. The molecule has 0 saturated carbocycles. The van der Waals surface area contributed by atoms with Crippen LogP contribution in [0.2, 0.25) is 0 Å². The zero-order chi connectivity index (χ0) is 24.0. The first-order chi connectivity index (χ1) is 15.4. The van der Waals surface area contributed by atoms with Gasteiger partial charge in [-0.3, -0.25) is 14.6 Å². The van der Waals surface area contributed by atoms with Crippen molar-refractivity contribution >= 4 is 30.4 Å². The summed E-state index contributed by atoms with van der Waals surface area (Å²) >= 11 is 0. The minimum absolute atomic E-state index is 0.0495. The molecule has 0 amide bonds. The summed E-state index contributed by atoms with van der Waals surface area (Å²) < 4.78 is 69.8. The van der Waals surface area contributed by atoms with Gasteiger partial charge in [-0.05, 0) is 43.3 Å². The lowest BCUT2D eigenvalue weighted by Gasteiger charge is -2.19. The first-order valence-corrected chi connectivity index (χ1v) is 10.8. The number of rotatable bonds is 5. The van der Waals surface area contributed by atoms with Gasteiger partial charge >= 0.3 is 6.18 Å². The Hall–Kier alpha value is -3.54. The van der Waals surface area contributed by atoms with Crippen LogP contribution in [0.1, 0.15) is 11.4 Å². The average Bonchev–Trinajstić information content (AvgIpc) is 3.01. The third-order valence-corrected chi connectivity index (χ3v) is 4.83. The monoisotopic (exact) mass is 481 g/mol. The molecule has 1 unspecified atom stereocenters. The molecule has 0 saturated heterocycles. The van der Waals surface area contributed by atoms with E-state index in [-0.39, 0.29) is 17.5 Å². The minimum Gasteiger partial charge on any atom is -0.757 e. The van der Waals surface area contributed by atoms with Gasteiger partial charge in [0.05, 0.1) is 16.6 Å². The van der Waals surface area contributed by atoms with E-state index in [1.807, 2.05) is 0 Å². The summed E-state index contributed by atoms with van der Waals surface area (Å²) in [5.41, 5.74) is 5.06. The van der Waals surface area contributed by atoms with Crippen molar-refractivity contribution in [1.82, 2.24) is 19.5 Å². The number of aromatic nitrogens is 4. The van der Waals surface area contributed by atoms with E-state index in [4.69, 9.17) is 5.50 Å². The summed E-state index contributed by atoms with van der Waals surface area (Å²) in [5.74, 6) is -0.781. The number of benzene rings is 2. The predicted molar refractivity (Wildman–Crippen MR) is 109 cm³/mol. The molecule has 0 bridgehead atoms. The molecule has 33 heavy (non-hydrogen) atoms.